The lowest BCUT2D eigenvalue weighted by Gasteiger charge is -2.08. The lowest BCUT2D eigenvalue weighted by molar-refractivity contribution is 0.927. The molecule has 0 saturated carbocycles. The van der Waals surface area contributed by atoms with E-state index in [1.165, 1.54) is 16.8 Å². The summed E-state index contributed by atoms with van der Waals surface area (Å²) in [4.78, 5) is 24.2. The molecule has 0 aliphatic rings. The number of fused-ring (bicyclic) bond motifs is 1. The molecule has 0 bridgehead atoms. The second kappa shape index (κ2) is 5.31. The predicted molar refractivity (Wildman–Crippen MR) is 81.5 cm³/mol. The lowest BCUT2D eigenvalue weighted by Crippen LogP contribution is -2.17. The molecule has 2 heterocycles. The van der Waals surface area contributed by atoms with Crippen molar-refractivity contribution in [2.75, 3.05) is 5.32 Å². The molecule has 2 aromatic heterocycles. The fourth-order valence-corrected chi connectivity index (χ4v) is 2.14. The van der Waals surface area contributed by atoms with E-state index in [1.807, 2.05) is 0 Å². The van der Waals surface area contributed by atoms with Crippen molar-refractivity contribution >= 4 is 40.6 Å². The molecule has 0 spiro atoms. The van der Waals surface area contributed by atoms with E-state index in [4.69, 9.17) is 23.2 Å². The van der Waals surface area contributed by atoms with Crippen molar-refractivity contribution in [1.82, 2.24) is 19.4 Å². The molecule has 6 nitrogen and oxygen atoms in total. The molecule has 0 atom stereocenters. The van der Waals surface area contributed by atoms with Gasteiger partial charge in [0, 0.05) is 11.8 Å². The van der Waals surface area contributed by atoms with Crippen LogP contribution in [0.2, 0.25) is 10.0 Å². The van der Waals surface area contributed by atoms with Crippen molar-refractivity contribution in [3.8, 4) is 0 Å². The van der Waals surface area contributed by atoms with Crippen molar-refractivity contribution < 1.29 is 0 Å². The van der Waals surface area contributed by atoms with Crippen LogP contribution in [0.15, 0.2) is 35.4 Å². The summed E-state index contributed by atoms with van der Waals surface area (Å²) in [6, 6.07) is 6.60. The van der Waals surface area contributed by atoms with Crippen LogP contribution >= 0.6 is 23.2 Å². The van der Waals surface area contributed by atoms with Crippen LogP contribution in [-0.2, 0) is 0 Å². The van der Waals surface area contributed by atoms with E-state index >= 15 is 0 Å². The van der Waals surface area contributed by atoms with Crippen LogP contribution < -0.4 is 10.9 Å². The Kier molecular flexibility index (Phi) is 3.48. The van der Waals surface area contributed by atoms with Gasteiger partial charge < -0.3 is 5.32 Å². The molecule has 0 unspecified atom stereocenters. The van der Waals surface area contributed by atoms with Crippen LogP contribution in [0.1, 0.15) is 5.69 Å². The Morgan fingerprint density at radius 3 is 2.86 bits per heavy atom. The zero-order valence-corrected chi connectivity index (χ0v) is 12.4. The molecule has 3 rings (SSSR count). The minimum atomic E-state index is -0.232. The summed E-state index contributed by atoms with van der Waals surface area (Å²) in [5.41, 5.74) is 0.929. The van der Waals surface area contributed by atoms with E-state index in [1.54, 1.807) is 25.1 Å². The van der Waals surface area contributed by atoms with Gasteiger partial charge in [-0.05, 0) is 19.1 Å². The molecular formula is C13H9Cl2N5O. The van der Waals surface area contributed by atoms with Crippen molar-refractivity contribution in [3.63, 3.8) is 0 Å². The van der Waals surface area contributed by atoms with Gasteiger partial charge in [0.25, 0.3) is 5.56 Å². The molecule has 8 heteroatoms. The van der Waals surface area contributed by atoms with Gasteiger partial charge >= 0.3 is 0 Å². The normalized spacial score (nSPS) is 10.8. The summed E-state index contributed by atoms with van der Waals surface area (Å²) in [7, 11) is 0. The van der Waals surface area contributed by atoms with Crippen molar-refractivity contribution in [3.05, 3.63) is 56.7 Å². The van der Waals surface area contributed by atoms with E-state index in [0.29, 0.717) is 21.4 Å². The number of aryl methyl sites for hydroxylation is 1. The van der Waals surface area contributed by atoms with E-state index in [-0.39, 0.29) is 17.3 Å². The molecule has 3 aromatic rings. The van der Waals surface area contributed by atoms with Crippen LogP contribution in [0, 0.1) is 6.92 Å². The lowest BCUT2D eigenvalue weighted by atomic mass is 10.3. The Bertz CT molecular complexity index is 893. The third kappa shape index (κ3) is 2.68. The van der Waals surface area contributed by atoms with E-state index in [9.17, 15) is 4.79 Å². The number of rotatable bonds is 2. The van der Waals surface area contributed by atoms with Crippen LogP contribution in [0.25, 0.3) is 5.78 Å². The summed E-state index contributed by atoms with van der Waals surface area (Å²) < 4.78 is 1.26. The average molecular weight is 322 g/mol. The largest absolute Gasteiger partial charge is 0.323 e. The summed E-state index contributed by atoms with van der Waals surface area (Å²) in [6.45, 7) is 1.73. The molecular weight excluding hydrogens is 313 g/mol. The maximum Gasteiger partial charge on any atom is 0.260 e. The Morgan fingerprint density at radius 1 is 1.24 bits per heavy atom. The predicted octanol–water partition coefficient (Wildman–Crippen LogP) is 2.84. The van der Waals surface area contributed by atoms with Gasteiger partial charge in [0.1, 0.15) is 6.33 Å². The van der Waals surface area contributed by atoms with Gasteiger partial charge in [0.05, 0.1) is 15.7 Å². The number of anilines is 2. The number of nitrogens with zero attached hydrogens (tertiary/aromatic N) is 4. The Labute approximate surface area is 129 Å². The van der Waals surface area contributed by atoms with Crippen molar-refractivity contribution in [2.45, 2.75) is 6.92 Å². The molecule has 0 aliphatic heterocycles. The quantitative estimate of drug-likeness (QED) is 0.785. The molecule has 0 amide bonds. The monoisotopic (exact) mass is 321 g/mol. The first-order valence-electron chi connectivity index (χ1n) is 5.99. The van der Waals surface area contributed by atoms with Crippen molar-refractivity contribution in [1.29, 1.82) is 0 Å². The third-order valence-corrected chi connectivity index (χ3v) is 3.58. The summed E-state index contributed by atoms with van der Waals surface area (Å²) in [5.74, 6) is 0.535. The fourth-order valence-electron chi connectivity index (χ4n) is 1.80. The van der Waals surface area contributed by atoms with Gasteiger partial charge in [-0.1, -0.05) is 29.3 Å². The third-order valence-electron chi connectivity index (χ3n) is 2.76. The van der Waals surface area contributed by atoms with Gasteiger partial charge in [-0.15, -0.1) is 0 Å². The standard InChI is InChI=1S/C13H9Cl2N5O/c1-7-5-10(21)20-6-16-12(19-13(20)17-7)18-9-4-2-3-8(14)11(9)15/h2-6H,1H3,(H,17,18,19). The van der Waals surface area contributed by atoms with Gasteiger partial charge in [0.15, 0.2) is 0 Å². The molecule has 0 radical (unpaired) electrons. The fraction of sp³-hybridized carbons (Fsp3) is 0.0769. The number of aromatic nitrogens is 4. The minimum absolute atomic E-state index is 0.232. The van der Waals surface area contributed by atoms with Crippen LogP contribution in [0.4, 0.5) is 11.6 Å². The van der Waals surface area contributed by atoms with E-state index in [2.05, 4.69) is 20.3 Å². The number of hydrogen-bond donors (Lipinski definition) is 1. The Morgan fingerprint density at radius 2 is 2.05 bits per heavy atom. The smallest absolute Gasteiger partial charge is 0.260 e. The molecule has 1 aromatic carbocycles. The Balaban J connectivity index is 2.06. The topological polar surface area (TPSA) is 72.2 Å². The number of nitrogens with one attached hydrogen (secondary N) is 1. The SMILES string of the molecule is Cc1cc(=O)n2cnc(Nc3cccc(Cl)c3Cl)nc2n1. The van der Waals surface area contributed by atoms with Gasteiger partial charge in [-0.3, -0.25) is 4.79 Å². The highest BCUT2D eigenvalue weighted by atomic mass is 35.5. The second-order valence-electron chi connectivity index (χ2n) is 4.31. The van der Waals surface area contributed by atoms with Gasteiger partial charge in [-0.2, -0.15) is 4.98 Å². The van der Waals surface area contributed by atoms with Crippen LogP contribution in [0.5, 0.6) is 0 Å². The number of hydrogen-bond acceptors (Lipinski definition) is 5. The van der Waals surface area contributed by atoms with Crippen LogP contribution in [0.3, 0.4) is 0 Å². The first kappa shape index (κ1) is 13.8. The second-order valence-corrected chi connectivity index (χ2v) is 5.10. The summed E-state index contributed by atoms with van der Waals surface area (Å²) in [6.07, 6.45) is 1.36. The molecule has 0 fully saturated rings. The Hall–Kier alpha value is -2.18. The first-order chi connectivity index (χ1) is 10.0. The average Bonchev–Trinajstić information content (AvgIpc) is 2.43. The zero-order chi connectivity index (χ0) is 15.0. The molecule has 106 valence electrons. The van der Waals surface area contributed by atoms with Crippen molar-refractivity contribution in [2.24, 2.45) is 0 Å². The first-order valence-corrected chi connectivity index (χ1v) is 6.74. The highest BCUT2D eigenvalue weighted by molar-refractivity contribution is 6.43. The molecule has 1 N–H and O–H groups in total. The zero-order valence-electron chi connectivity index (χ0n) is 10.8. The molecule has 0 saturated heterocycles. The van der Waals surface area contributed by atoms with Gasteiger partial charge in [-0.25, -0.2) is 14.4 Å². The molecule has 21 heavy (non-hydrogen) atoms. The van der Waals surface area contributed by atoms with E-state index in [0.717, 1.165) is 0 Å². The summed E-state index contributed by atoms with van der Waals surface area (Å²) >= 11 is 12.0. The maximum atomic E-state index is 11.8. The minimum Gasteiger partial charge on any atom is -0.323 e. The van der Waals surface area contributed by atoms with Gasteiger partial charge in [0.2, 0.25) is 11.7 Å². The number of halogens is 2. The maximum absolute atomic E-state index is 11.8. The highest BCUT2D eigenvalue weighted by Crippen LogP contribution is 2.30. The molecule has 0 aliphatic carbocycles. The summed E-state index contributed by atoms with van der Waals surface area (Å²) in [5, 5.41) is 3.75. The highest BCUT2D eigenvalue weighted by Gasteiger charge is 2.08. The number of benzene rings is 1. The van der Waals surface area contributed by atoms with E-state index < -0.39 is 0 Å². The van der Waals surface area contributed by atoms with Crippen LogP contribution in [-0.4, -0.2) is 19.4 Å².